The van der Waals surface area contributed by atoms with Crippen molar-refractivity contribution in [2.24, 2.45) is 0 Å². The van der Waals surface area contributed by atoms with Crippen molar-refractivity contribution in [3.8, 4) is 0 Å². The molecule has 1 heterocycles. The Hall–Kier alpha value is -0.0800. The van der Waals surface area contributed by atoms with Crippen LogP contribution in [0.1, 0.15) is 13.8 Å². The molecule has 1 fully saturated rings. The van der Waals surface area contributed by atoms with Crippen molar-refractivity contribution in [2.45, 2.75) is 19.4 Å². The summed E-state index contributed by atoms with van der Waals surface area (Å²) in [5.74, 6) is 0. The van der Waals surface area contributed by atoms with Gasteiger partial charge in [-0.25, -0.2) is 0 Å². The Morgan fingerprint density at radius 1 is 1.67 bits per heavy atom. The van der Waals surface area contributed by atoms with E-state index < -0.39 is 0 Å². The van der Waals surface area contributed by atoms with Gasteiger partial charge in [0.2, 0.25) is 0 Å². The summed E-state index contributed by atoms with van der Waals surface area (Å²) in [5.41, 5.74) is 2.85. The van der Waals surface area contributed by atoms with Gasteiger partial charge in [0, 0.05) is 0 Å². The number of rotatable bonds is 0. The monoisotopic (exact) mass is 86.1 g/mol. The van der Waals surface area contributed by atoms with Crippen molar-refractivity contribution >= 4 is 0 Å². The zero-order valence-electron chi connectivity index (χ0n) is 3.99. The number of hydrogen-bond acceptors (Lipinski definition) is 2. The van der Waals surface area contributed by atoms with Crippen LogP contribution in [0, 0.1) is 6.61 Å². The van der Waals surface area contributed by atoms with Crippen molar-refractivity contribution in [2.75, 3.05) is 0 Å². The molecule has 35 valence electrons. The van der Waals surface area contributed by atoms with Gasteiger partial charge in [-0.15, -0.1) is 0 Å². The predicted molar refractivity (Wildman–Crippen MR) is 22.6 cm³/mol. The van der Waals surface area contributed by atoms with Crippen LogP contribution in [0.2, 0.25) is 0 Å². The summed E-state index contributed by atoms with van der Waals surface area (Å²) in [7, 11) is 0. The Bertz CT molecular complexity index is 54.6. The quantitative estimate of drug-likeness (QED) is 0.462. The first-order valence-corrected chi connectivity index (χ1v) is 1.98. The highest BCUT2D eigenvalue weighted by Crippen LogP contribution is 2.14. The summed E-state index contributed by atoms with van der Waals surface area (Å²) >= 11 is 0. The Balaban J connectivity index is 2.31. The molecular formula is C4H8NO. The molecule has 1 radical (unpaired) electrons. The molecule has 0 unspecified atom stereocenters. The summed E-state index contributed by atoms with van der Waals surface area (Å²) < 4.78 is 0. The maximum atomic E-state index is 4.56. The minimum Gasteiger partial charge on any atom is -0.293 e. The van der Waals surface area contributed by atoms with E-state index in [9.17, 15) is 0 Å². The first-order valence-electron chi connectivity index (χ1n) is 1.98. The molecule has 0 saturated carbocycles. The second kappa shape index (κ2) is 0.950. The van der Waals surface area contributed by atoms with Crippen LogP contribution < -0.4 is 5.48 Å². The molecule has 6 heavy (non-hydrogen) atoms. The van der Waals surface area contributed by atoms with Crippen LogP contribution in [0.5, 0.6) is 0 Å². The summed E-state index contributed by atoms with van der Waals surface area (Å²) in [6.07, 6.45) is 0. The lowest BCUT2D eigenvalue weighted by Gasteiger charge is -2.33. The van der Waals surface area contributed by atoms with Crippen molar-refractivity contribution in [1.29, 1.82) is 0 Å². The van der Waals surface area contributed by atoms with Gasteiger partial charge in [-0.2, -0.15) is 5.48 Å². The van der Waals surface area contributed by atoms with E-state index in [2.05, 4.69) is 10.3 Å². The zero-order valence-corrected chi connectivity index (χ0v) is 3.99. The molecule has 1 saturated heterocycles. The third kappa shape index (κ3) is 0.533. The van der Waals surface area contributed by atoms with Gasteiger partial charge in [0.15, 0.2) is 0 Å². The van der Waals surface area contributed by atoms with Crippen LogP contribution in [0.25, 0.3) is 0 Å². The molecule has 0 aromatic carbocycles. The molecule has 0 aromatic rings. The molecule has 0 atom stereocenters. The second-order valence-corrected chi connectivity index (χ2v) is 2.06. The lowest BCUT2D eigenvalue weighted by molar-refractivity contribution is -0.0833. The maximum absolute atomic E-state index is 4.56. The van der Waals surface area contributed by atoms with E-state index in [1.165, 1.54) is 0 Å². The topological polar surface area (TPSA) is 21.3 Å². The Morgan fingerprint density at radius 2 is 2.00 bits per heavy atom. The first kappa shape index (κ1) is 4.09. The molecule has 0 aromatic heterocycles. The van der Waals surface area contributed by atoms with Crippen LogP contribution in [-0.4, -0.2) is 5.54 Å². The van der Waals surface area contributed by atoms with E-state index in [0.717, 1.165) is 0 Å². The smallest absolute Gasteiger partial charge is 0.129 e. The SMILES string of the molecule is CC1(C)[CH]ON1. The fourth-order valence-corrected chi connectivity index (χ4v) is 0.295. The molecule has 2 heteroatoms. The molecule has 1 rings (SSSR count). The van der Waals surface area contributed by atoms with Crippen molar-refractivity contribution in [1.82, 2.24) is 5.48 Å². The summed E-state index contributed by atoms with van der Waals surface area (Å²) in [6, 6.07) is 0. The molecule has 0 amide bonds. The number of hydroxylamine groups is 1. The minimum atomic E-state index is 0.125. The fraction of sp³-hybridized carbons (Fsp3) is 0.750. The van der Waals surface area contributed by atoms with Crippen LogP contribution in [0.4, 0.5) is 0 Å². The normalized spacial score (nSPS) is 29.0. The average Bonchev–Trinajstić information content (AvgIpc) is 1.32. The first-order chi connectivity index (χ1) is 2.71. The number of hydrogen-bond donors (Lipinski definition) is 1. The average molecular weight is 86.1 g/mol. The van der Waals surface area contributed by atoms with E-state index in [1.807, 2.05) is 13.8 Å². The highest BCUT2D eigenvalue weighted by atomic mass is 16.7. The van der Waals surface area contributed by atoms with Crippen molar-refractivity contribution in [3.63, 3.8) is 0 Å². The van der Waals surface area contributed by atoms with E-state index in [4.69, 9.17) is 0 Å². The molecular weight excluding hydrogens is 78.0 g/mol. The molecule has 1 aliphatic rings. The molecule has 1 N–H and O–H groups in total. The van der Waals surface area contributed by atoms with E-state index in [0.29, 0.717) is 0 Å². The Kier molecular flexibility index (Phi) is 0.648. The van der Waals surface area contributed by atoms with E-state index >= 15 is 0 Å². The van der Waals surface area contributed by atoms with Gasteiger partial charge >= 0.3 is 0 Å². The van der Waals surface area contributed by atoms with Crippen molar-refractivity contribution < 1.29 is 4.84 Å². The second-order valence-electron chi connectivity index (χ2n) is 2.06. The maximum Gasteiger partial charge on any atom is 0.129 e. The highest BCUT2D eigenvalue weighted by Gasteiger charge is 2.27. The number of nitrogens with one attached hydrogen (secondary N) is 1. The Labute approximate surface area is 37.4 Å². The minimum absolute atomic E-state index is 0.125. The van der Waals surface area contributed by atoms with Gasteiger partial charge in [0.05, 0.1) is 5.54 Å². The largest absolute Gasteiger partial charge is 0.293 e. The fourth-order valence-electron chi connectivity index (χ4n) is 0.295. The van der Waals surface area contributed by atoms with Gasteiger partial charge < -0.3 is 0 Å². The summed E-state index contributed by atoms with van der Waals surface area (Å²) in [5, 5.41) is 0. The predicted octanol–water partition coefficient (Wildman–Crippen LogP) is 0.462. The van der Waals surface area contributed by atoms with Gasteiger partial charge in [0.25, 0.3) is 0 Å². The molecule has 0 bridgehead atoms. The summed E-state index contributed by atoms with van der Waals surface area (Å²) in [4.78, 5) is 4.56. The van der Waals surface area contributed by atoms with Crippen LogP contribution in [0.3, 0.4) is 0 Å². The lowest BCUT2D eigenvalue weighted by Crippen LogP contribution is -2.50. The lowest BCUT2D eigenvalue weighted by atomic mass is 10.1. The molecule has 0 spiro atoms. The van der Waals surface area contributed by atoms with Gasteiger partial charge in [-0.05, 0) is 13.8 Å². The van der Waals surface area contributed by atoms with E-state index in [-0.39, 0.29) is 5.54 Å². The Morgan fingerprint density at radius 3 is 2.00 bits per heavy atom. The van der Waals surface area contributed by atoms with Crippen LogP contribution in [-0.2, 0) is 4.84 Å². The van der Waals surface area contributed by atoms with Gasteiger partial charge in [-0.3, -0.25) is 4.84 Å². The molecule has 1 aliphatic heterocycles. The summed E-state index contributed by atoms with van der Waals surface area (Å²) in [6.45, 7) is 5.83. The molecule has 2 nitrogen and oxygen atoms in total. The van der Waals surface area contributed by atoms with E-state index in [1.54, 1.807) is 6.61 Å². The van der Waals surface area contributed by atoms with Gasteiger partial charge in [-0.1, -0.05) is 0 Å². The third-order valence-electron chi connectivity index (χ3n) is 0.676. The van der Waals surface area contributed by atoms with Crippen LogP contribution in [0.15, 0.2) is 0 Å². The van der Waals surface area contributed by atoms with Gasteiger partial charge in [0.1, 0.15) is 6.61 Å². The zero-order chi connectivity index (χ0) is 4.62. The van der Waals surface area contributed by atoms with Crippen molar-refractivity contribution in [3.05, 3.63) is 6.61 Å². The standard InChI is InChI=1S/C4H8NO/c1-4(2)3-6-5-4/h3,5H,1-2H3. The van der Waals surface area contributed by atoms with Crippen LogP contribution >= 0.6 is 0 Å². The highest BCUT2D eigenvalue weighted by molar-refractivity contribution is 4.89. The molecule has 0 aliphatic carbocycles. The third-order valence-corrected chi connectivity index (χ3v) is 0.676.